The highest BCUT2D eigenvalue weighted by molar-refractivity contribution is 5.92. The summed E-state index contributed by atoms with van der Waals surface area (Å²) in [5.74, 6) is 0.492. The second-order valence-electron chi connectivity index (χ2n) is 3.23. The third-order valence-corrected chi connectivity index (χ3v) is 2.00. The zero-order valence-electron chi connectivity index (χ0n) is 7.54. The van der Waals surface area contributed by atoms with Crippen LogP contribution in [-0.4, -0.2) is 16.9 Å². The number of hydrogen-bond acceptors (Lipinski definition) is 3. The van der Waals surface area contributed by atoms with Crippen molar-refractivity contribution in [1.29, 1.82) is 0 Å². The van der Waals surface area contributed by atoms with Crippen LogP contribution in [0.3, 0.4) is 0 Å². The second-order valence-corrected chi connectivity index (χ2v) is 3.23. The van der Waals surface area contributed by atoms with Crippen LogP contribution in [0.4, 0.5) is 0 Å². The standard InChI is InChI=1S/C9H12N2O2/c1-2-8-11-7(5-13-8)9(12)10-6-3-4-6/h5-6H,2-4H2,1H3,(H,10,12). The molecule has 1 aliphatic carbocycles. The van der Waals surface area contributed by atoms with Crippen molar-refractivity contribution in [3.05, 3.63) is 17.8 Å². The van der Waals surface area contributed by atoms with E-state index in [1.807, 2.05) is 6.92 Å². The van der Waals surface area contributed by atoms with Gasteiger partial charge in [0, 0.05) is 12.5 Å². The first-order valence-electron chi connectivity index (χ1n) is 4.55. The predicted octanol–water partition coefficient (Wildman–Crippen LogP) is 1.13. The van der Waals surface area contributed by atoms with Gasteiger partial charge >= 0.3 is 0 Å². The molecule has 13 heavy (non-hydrogen) atoms. The highest BCUT2D eigenvalue weighted by atomic mass is 16.3. The van der Waals surface area contributed by atoms with E-state index in [2.05, 4.69) is 10.3 Å². The molecule has 2 rings (SSSR count). The van der Waals surface area contributed by atoms with Gasteiger partial charge in [-0.3, -0.25) is 4.79 Å². The average molecular weight is 180 g/mol. The minimum absolute atomic E-state index is 0.119. The van der Waals surface area contributed by atoms with Gasteiger partial charge in [0.1, 0.15) is 6.26 Å². The summed E-state index contributed by atoms with van der Waals surface area (Å²) in [5, 5.41) is 2.85. The molecule has 0 atom stereocenters. The highest BCUT2D eigenvalue weighted by Crippen LogP contribution is 2.19. The lowest BCUT2D eigenvalue weighted by atomic mass is 10.4. The fraction of sp³-hybridized carbons (Fsp3) is 0.556. The maximum Gasteiger partial charge on any atom is 0.273 e. The van der Waals surface area contributed by atoms with Gasteiger partial charge in [-0.2, -0.15) is 0 Å². The first-order valence-corrected chi connectivity index (χ1v) is 4.55. The van der Waals surface area contributed by atoms with Crippen molar-refractivity contribution in [3.8, 4) is 0 Å². The summed E-state index contributed by atoms with van der Waals surface area (Å²) in [5.41, 5.74) is 0.392. The van der Waals surface area contributed by atoms with Gasteiger partial charge < -0.3 is 9.73 Å². The fourth-order valence-electron chi connectivity index (χ4n) is 1.06. The van der Waals surface area contributed by atoms with Crippen molar-refractivity contribution in [3.63, 3.8) is 0 Å². The average Bonchev–Trinajstić information content (AvgIpc) is 2.82. The molecular weight excluding hydrogens is 168 g/mol. The molecular formula is C9H12N2O2. The first-order chi connectivity index (χ1) is 6.29. The number of nitrogens with zero attached hydrogens (tertiary/aromatic N) is 1. The van der Waals surface area contributed by atoms with E-state index in [1.165, 1.54) is 6.26 Å². The molecule has 0 aliphatic heterocycles. The fourth-order valence-corrected chi connectivity index (χ4v) is 1.06. The summed E-state index contributed by atoms with van der Waals surface area (Å²) in [7, 11) is 0. The zero-order valence-corrected chi connectivity index (χ0v) is 7.54. The number of hydrogen-bond donors (Lipinski definition) is 1. The summed E-state index contributed by atoms with van der Waals surface area (Å²) < 4.78 is 5.06. The number of carbonyl (C=O) groups excluding carboxylic acids is 1. The van der Waals surface area contributed by atoms with Gasteiger partial charge in [-0.25, -0.2) is 4.98 Å². The Balaban J connectivity index is 2.01. The Hall–Kier alpha value is -1.32. The molecule has 0 radical (unpaired) electrons. The number of nitrogens with one attached hydrogen (secondary N) is 1. The number of amides is 1. The van der Waals surface area contributed by atoms with Crippen LogP contribution >= 0.6 is 0 Å². The van der Waals surface area contributed by atoms with Crippen LogP contribution in [0.15, 0.2) is 10.7 Å². The molecule has 4 heteroatoms. The van der Waals surface area contributed by atoms with Crippen LogP contribution < -0.4 is 5.32 Å². The number of rotatable bonds is 3. The second kappa shape index (κ2) is 3.20. The molecule has 1 amide bonds. The Kier molecular flexibility index (Phi) is 2.04. The Morgan fingerprint density at radius 1 is 1.77 bits per heavy atom. The van der Waals surface area contributed by atoms with Gasteiger partial charge in [0.05, 0.1) is 0 Å². The van der Waals surface area contributed by atoms with Crippen molar-refractivity contribution in [1.82, 2.24) is 10.3 Å². The zero-order chi connectivity index (χ0) is 9.26. The quantitative estimate of drug-likeness (QED) is 0.758. The third-order valence-electron chi connectivity index (χ3n) is 2.00. The highest BCUT2D eigenvalue weighted by Gasteiger charge is 2.24. The Labute approximate surface area is 76.3 Å². The van der Waals surface area contributed by atoms with E-state index in [-0.39, 0.29) is 5.91 Å². The normalized spacial score (nSPS) is 15.8. The molecule has 0 unspecified atom stereocenters. The topological polar surface area (TPSA) is 55.1 Å². The number of aromatic nitrogens is 1. The number of carbonyl (C=O) groups is 1. The van der Waals surface area contributed by atoms with Crippen LogP contribution in [0, 0.1) is 0 Å². The predicted molar refractivity (Wildman–Crippen MR) is 46.4 cm³/mol. The summed E-state index contributed by atoms with van der Waals surface area (Å²) in [4.78, 5) is 15.4. The van der Waals surface area contributed by atoms with E-state index < -0.39 is 0 Å². The van der Waals surface area contributed by atoms with Gasteiger partial charge in [-0.15, -0.1) is 0 Å². The van der Waals surface area contributed by atoms with E-state index in [9.17, 15) is 4.79 Å². The summed E-state index contributed by atoms with van der Waals surface area (Å²) >= 11 is 0. The minimum atomic E-state index is -0.119. The Morgan fingerprint density at radius 2 is 2.54 bits per heavy atom. The van der Waals surface area contributed by atoms with Gasteiger partial charge in [0.15, 0.2) is 11.6 Å². The number of oxazole rings is 1. The van der Waals surface area contributed by atoms with E-state index >= 15 is 0 Å². The van der Waals surface area contributed by atoms with Crippen molar-refractivity contribution < 1.29 is 9.21 Å². The lowest BCUT2D eigenvalue weighted by Crippen LogP contribution is -2.25. The number of aryl methyl sites for hydroxylation is 1. The molecule has 1 saturated carbocycles. The SMILES string of the molecule is CCc1nc(C(=O)NC2CC2)co1. The van der Waals surface area contributed by atoms with Gasteiger partial charge in [-0.1, -0.05) is 6.92 Å². The maximum atomic E-state index is 11.4. The van der Waals surface area contributed by atoms with Gasteiger partial charge in [0.2, 0.25) is 0 Å². The molecule has 0 saturated heterocycles. The van der Waals surface area contributed by atoms with E-state index in [0.29, 0.717) is 17.6 Å². The summed E-state index contributed by atoms with van der Waals surface area (Å²) in [6.07, 6.45) is 4.31. The van der Waals surface area contributed by atoms with Crippen molar-refractivity contribution >= 4 is 5.91 Å². The van der Waals surface area contributed by atoms with Crippen molar-refractivity contribution in [2.24, 2.45) is 0 Å². The largest absolute Gasteiger partial charge is 0.448 e. The molecule has 1 aromatic rings. The molecule has 4 nitrogen and oxygen atoms in total. The molecule has 70 valence electrons. The molecule has 0 bridgehead atoms. The van der Waals surface area contributed by atoms with E-state index in [0.717, 1.165) is 19.3 Å². The minimum Gasteiger partial charge on any atom is -0.448 e. The molecule has 1 aromatic heterocycles. The monoisotopic (exact) mass is 180 g/mol. The van der Waals surface area contributed by atoms with E-state index in [1.54, 1.807) is 0 Å². The van der Waals surface area contributed by atoms with Crippen molar-refractivity contribution in [2.45, 2.75) is 32.2 Å². The van der Waals surface area contributed by atoms with Crippen LogP contribution in [0.1, 0.15) is 36.1 Å². The van der Waals surface area contributed by atoms with Crippen molar-refractivity contribution in [2.75, 3.05) is 0 Å². The maximum absolute atomic E-state index is 11.4. The molecule has 1 fully saturated rings. The van der Waals surface area contributed by atoms with E-state index in [4.69, 9.17) is 4.42 Å². The van der Waals surface area contributed by atoms with Crippen LogP contribution in [0.5, 0.6) is 0 Å². The summed E-state index contributed by atoms with van der Waals surface area (Å²) in [6, 6.07) is 0.370. The Morgan fingerprint density at radius 3 is 3.08 bits per heavy atom. The van der Waals surface area contributed by atoms with Crippen LogP contribution in [0.2, 0.25) is 0 Å². The lowest BCUT2D eigenvalue weighted by Gasteiger charge is -1.96. The molecule has 1 N–H and O–H groups in total. The third kappa shape index (κ3) is 1.88. The molecule has 0 spiro atoms. The molecule has 1 heterocycles. The molecule has 0 aromatic carbocycles. The smallest absolute Gasteiger partial charge is 0.273 e. The lowest BCUT2D eigenvalue weighted by molar-refractivity contribution is 0.0946. The van der Waals surface area contributed by atoms with Gasteiger partial charge in [0.25, 0.3) is 5.91 Å². The molecule has 1 aliphatic rings. The van der Waals surface area contributed by atoms with Crippen LogP contribution in [-0.2, 0) is 6.42 Å². The summed E-state index contributed by atoms with van der Waals surface area (Å²) in [6.45, 7) is 1.94. The first kappa shape index (κ1) is 8.29. The Bertz CT molecular complexity index is 315. The van der Waals surface area contributed by atoms with Gasteiger partial charge in [-0.05, 0) is 12.8 Å². The van der Waals surface area contributed by atoms with Crippen LogP contribution in [0.25, 0.3) is 0 Å².